The van der Waals surface area contributed by atoms with Crippen LogP contribution in [0.15, 0.2) is 24.3 Å². The number of aromatic carboxylic acids is 1. The van der Waals surface area contributed by atoms with Gasteiger partial charge in [-0.3, -0.25) is 0 Å². The van der Waals surface area contributed by atoms with Crippen LogP contribution in [-0.4, -0.2) is 41.6 Å². The van der Waals surface area contributed by atoms with Gasteiger partial charge in [0, 0.05) is 19.6 Å². The van der Waals surface area contributed by atoms with E-state index >= 15 is 0 Å². The predicted octanol–water partition coefficient (Wildman–Crippen LogP) is 1.87. The zero-order valence-corrected chi connectivity index (χ0v) is 12.2. The van der Waals surface area contributed by atoms with E-state index in [2.05, 4.69) is 5.32 Å². The van der Waals surface area contributed by atoms with Gasteiger partial charge in [0.1, 0.15) is 0 Å². The van der Waals surface area contributed by atoms with Gasteiger partial charge in [0.25, 0.3) is 0 Å². The van der Waals surface area contributed by atoms with Crippen LogP contribution in [0.1, 0.15) is 29.3 Å². The zero-order chi connectivity index (χ0) is 15.8. The lowest BCUT2D eigenvalue weighted by atomic mass is 10.0. The van der Waals surface area contributed by atoms with Crippen LogP contribution in [0.2, 0.25) is 0 Å². The van der Waals surface area contributed by atoms with E-state index < -0.39 is 5.97 Å². The summed E-state index contributed by atoms with van der Waals surface area (Å²) in [6.07, 6.45) is 0.709. The lowest BCUT2D eigenvalue weighted by Gasteiger charge is -2.23. The highest BCUT2D eigenvalue weighted by atomic mass is 16.4. The van der Waals surface area contributed by atoms with Crippen LogP contribution in [-0.2, 0) is 6.42 Å². The molecule has 0 spiro atoms. The van der Waals surface area contributed by atoms with Crippen LogP contribution in [0, 0.1) is 11.3 Å². The number of carboxylic acid groups (broad SMARTS) is 1. The predicted molar refractivity (Wildman–Crippen MR) is 78.0 cm³/mol. The molecular formula is C15H19N3O3. The summed E-state index contributed by atoms with van der Waals surface area (Å²) in [7, 11) is 1.63. The summed E-state index contributed by atoms with van der Waals surface area (Å²) < 4.78 is 0. The highest BCUT2D eigenvalue weighted by molar-refractivity contribution is 5.89. The number of hydrogen-bond donors (Lipinski definition) is 2. The molecule has 0 aliphatic rings. The molecule has 0 saturated heterocycles. The number of nitriles is 1. The summed E-state index contributed by atoms with van der Waals surface area (Å²) in [4.78, 5) is 24.4. The van der Waals surface area contributed by atoms with Gasteiger partial charge in [-0.2, -0.15) is 5.26 Å². The van der Waals surface area contributed by atoms with E-state index in [1.807, 2.05) is 6.07 Å². The third-order valence-corrected chi connectivity index (χ3v) is 3.29. The van der Waals surface area contributed by atoms with Crippen molar-refractivity contribution in [1.29, 1.82) is 5.26 Å². The van der Waals surface area contributed by atoms with Crippen molar-refractivity contribution in [2.24, 2.45) is 0 Å². The van der Waals surface area contributed by atoms with Gasteiger partial charge < -0.3 is 15.3 Å². The Kier molecular flexibility index (Phi) is 6.21. The summed E-state index contributed by atoms with van der Waals surface area (Å²) in [5, 5.41) is 20.4. The van der Waals surface area contributed by atoms with Gasteiger partial charge in [-0.25, -0.2) is 9.59 Å². The van der Waals surface area contributed by atoms with E-state index in [1.165, 1.54) is 4.90 Å². The number of benzene rings is 1. The smallest absolute Gasteiger partial charge is 0.335 e. The summed E-state index contributed by atoms with van der Waals surface area (Å²) >= 11 is 0. The van der Waals surface area contributed by atoms with Crippen molar-refractivity contribution in [3.8, 4) is 6.07 Å². The lowest BCUT2D eigenvalue weighted by Crippen LogP contribution is -2.42. The molecule has 1 unspecified atom stereocenters. The zero-order valence-electron chi connectivity index (χ0n) is 12.2. The largest absolute Gasteiger partial charge is 0.478 e. The van der Waals surface area contributed by atoms with Gasteiger partial charge in [-0.05, 0) is 25.0 Å². The van der Waals surface area contributed by atoms with E-state index in [1.54, 1.807) is 38.2 Å². The normalized spacial score (nSPS) is 11.3. The molecule has 0 aliphatic heterocycles. The monoisotopic (exact) mass is 289 g/mol. The molecule has 0 saturated carbocycles. The number of carbonyl (C=O) groups excluding carboxylic acids is 1. The standard InChI is InChI=1S/C15H19N3O3/c1-11(7-9-16)18(2)15(21)17-10-8-12-5-3-4-6-13(12)14(19)20/h3-6,11H,7-8,10H2,1-2H3,(H,17,21)(H,19,20). The molecule has 0 radical (unpaired) electrons. The van der Waals surface area contributed by atoms with Crippen LogP contribution in [0.5, 0.6) is 0 Å². The van der Waals surface area contributed by atoms with E-state index in [9.17, 15) is 9.59 Å². The molecule has 2 amide bonds. The van der Waals surface area contributed by atoms with Gasteiger partial charge in [-0.1, -0.05) is 18.2 Å². The molecule has 6 heteroatoms. The van der Waals surface area contributed by atoms with Crippen molar-refractivity contribution < 1.29 is 14.7 Å². The molecule has 1 atom stereocenters. The Morgan fingerprint density at radius 1 is 1.43 bits per heavy atom. The number of rotatable bonds is 6. The number of nitrogens with zero attached hydrogens (tertiary/aromatic N) is 2. The van der Waals surface area contributed by atoms with E-state index in [0.29, 0.717) is 18.5 Å². The Morgan fingerprint density at radius 2 is 2.10 bits per heavy atom. The van der Waals surface area contributed by atoms with Gasteiger partial charge in [0.05, 0.1) is 18.1 Å². The molecule has 2 N–H and O–H groups in total. The lowest BCUT2D eigenvalue weighted by molar-refractivity contribution is 0.0695. The second-order valence-corrected chi connectivity index (χ2v) is 4.77. The number of hydrogen-bond acceptors (Lipinski definition) is 3. The first-order chi connectivity index (χ1) is 9.97. The highest BCUT2D eigenvalue weighted by Crippen LogP contribution is 2.09. The third kappa shape index (κ3) is 4.80. The third-order valence-electron chi connectivity index (χ3n) is 3.29. The molecule has 6 nitrogen and oxygen atoms in total. The van der Waals surface area contributed by atoms with Crippen LogP contribution < -0.4 is 5.32 Å². The Balaban J connectivity index is 2.53. The van der Waals surface area contributed by atoms with Crippen molar-refractivity contribution in [3.63, 3.8) is 0 Å². The molecule has 1 aromatic carbocycles. The first kappa shape index (κ1) is 16.5. The first-order valence-electron chi connectivity index (χ1n) is 6.66. The molecular weight excluding hydrogens is 270 g/mol. The molecule has 112 valence electrons. The average molecular weight is 289 g/mol. The maximum atomic E-state index is 11.9. The van der Waals surface area contributed by atoms with Crippen molar-refractivity contribution in [1.82, 2.24) is 10.2 Å². The Hall–Kier alpha value is -2.55. The van der Waals surface area contributed by atoms with Gasteiger partial charge >= 0.3 is 12.0 Å². The first-order valence-corrected chi connectivity index (χ1v) is 6.66. The molecule has 21 heavy (non-hydrogen) atoms. The summed E-state index contributed by atoms with van der Waals surface area (Å²) in [6, 6.07) is 8.29. The fourth-order valence-electron chi connectivity index (χ4n) is 1.84. The Labute approximate surface area is 124 Å². The van der Waals surface area contributed by atoms with Gasteiger partial charge in [-0.15, -0.1) is 0 Å². The van der Waals surface area contributed by atoms with Crippen LogP contribution in [0.4, 0.5) is 4.79 Å². The van der Waals surface area contributed by atoms with Crippen molar-refractivity contribution >= 4 is 12.0 Å². The Morgan fingerprint density at radius 3 is 2.71 bits per heavy atom. The van der Waals surface area contributed by atoms with Gasteiger partial charge in [0.15, 0.2) is 0 Å². The Bertz CT molecular complexity index is 551. The van der Waals surface area contributed by atoms with Crippen LogP contribution >= 0.6 is 0 Å². The second kappa shape index (κ2) is 7.90. The molecule has 0 bridgehead atoms. The molecule has 1 rings (SSSR count). The topological polar surface area (TPSA) is 93.4 Å². The number of amides is 2. The molecule has 0 aromatic heterocycles. The SMILES string of the molecule is CC(CC#N)N(C)C(=O)NCCc1ccccc1C(=O)O. The minimum absolute atomic E-state index is 0.165. The number of urea groups is 1. The van der Waals surface area contributed by atoms with Crippen LogP contribution in [0.3, 0.4) is 0 Å². The van der Waals surface area contributed by atoms with Crippen LogP contribution in [0.25, 0.3) is 0 Å². The number of carbonyl (C=O) groups is 2. The van der Waals surface area contributed by atoms with E-state index in [4.69, 9.17) is 10.4 Å². The fraction of sp³-hybridized carbons (Fsp3) is 0.400. The van der Waals surface area contributed by atoms with E-state index in [-0.39, 0.29) is 24.1 Å². The van der Waals surface area contributed by atoms with Crippen molar-refractivity contribution in [2.75, 3.05) is 13.6 Å². The van der Waals surface area contributed by atoms with Crippen molar-refractivity contribution in [2.45, 2.75) is 25.8 Å². The molecule has 1 aromatic rings. The minimum atomic E-state index is -0.975. The van der Waals surface area contributed by atoms with Crippen molar-refractivity contribution in [3.05, 3.63) is 35.4 Å². The number of nitrogens with one attached hydrogen (secondary N) is 1. The minimum Gasteiger partial charge on any atom is -0.478 e. The van der Waals surface area contributed by atoms with E-state index in [0.717, 1.165) is 0 Å². The molecule has 0 fully saturated rings. The number of carboxylic acids is 1. The second-order valence-electron chi connectivity index (χ2n) is 4.77. The average Bonchev–Trinajstić information content (AvgIpc) is 2.46. The maximum absolute atomic E-state index is 11.9. The summed E-state index contributed by atoms with van der Waals surface area (Å²) in [5.74, 6) is -0.975. The quantitative estimate of drug-likeness (QED) is 0.836. The highest BCUT2D eigenvalue weighted by Gasteiger charge is 2.15. The van der Waals surface area contributed by atoms with Gasteiger partial charge in [0.2, 0.25) is 0 Å². The maximum Gasteiger partial charge on any atom is 0.335 e. The fourth-order valence-corrected chi connectivity index (χ4v) is 1.84. The summed E-state index contributed by atoms with van der Waals surface area (Å²) in [6.45, 7) is 2.13. The molecule has 0 aliphatic carbocycles. The molecule has 0 heterocycles. The summed E-state index contributed by atoms with van der Waals surface area (Å²) in [5.41, 5.74) is 0.927.